The average molecular weight is 253 g/mol. The van der Waals surface area contributed by atoms with E-state index in [2.05, 4.69) is 60.7 Å². The zero-order valence-electron chi connectivity index (χ0n) is 10.8. The molecule has 0 heterocycles. The summed E-state index contributed by atoms with van der Waals surface area (Å²) in [5.41, 5.74) is 0.706. The van der Waals surface area contributed by atoms with Gasteiger partial charge in [0.15, 0.2) is 0 Å². The lowest BCUT2D eigenvalue weighted by Crippen LogP contribution is -1.84. The van der Waals surface area contributed by atoms with Crippen LogP contribution in [0.3, 0.4) is 0 Å². The van der Waals surface area contributed by atoms with E-state index in [4.69, 9.17) is 5.26 Å². The van der Waals surface area contributed by atoms with Crippen molar-refractivity contribution in [3.63, 3.8) is 0 Å². The van der Waals surface area contributed by atoms with E-state index >= 15 is 0 Å². The Morgan fingerprint density at radius 1 is 0.550 bits per heavy atom. The molecule has 4 rings (SSSR count). The molecule has 0 radical (unpaired) electrons. The first-order valence-electron chi connectivity index (χ1n) is 6.62. The molecule has 0 amide bonds. The fourth-order valence-electron chi connectivity index (χ4n) is 2.98. The summed E-state index contributed by atoms with van der Waals surface area (Å²) in [5, 5.41) is 16.4. The molecule has 4 aromatic carbocycles. The third kappa shape index (κ3) is 1.42. The average Bonchev–Trinajstić information content (AvgIpc) is 2.54. The molecule has 0 bridgehead atoms. The van der Waals surface area contributed by atoms with Gasteiger partial charge in [0.05, 0.1) is 11.6 Å². The number of nitriles is 1. The molecular weight excluding hydrogens is 242 g/mol. The summed E-state index contributed by atoms with van der Waals surface area (Å²) < 4.78 is 0. The SMILES string of the molecule is N#Cc1ccc2c3ccccc3c3ccccc3c2c1. The first-order valence-corrected chi connectivity index (χ1v) is 6.62. The minimum absolute atomic E-state index is 0.706. The predicted molar refractivity (Wildman–Crippen MR) is 83.7 cm³/mol. The first kappa shape index (κ1) is 11.0. The zero-order chi connectivity index (χ0) is 13.5. The van der Waals surface area contributed by atoms with E-state index in [1.54, 1.807) is 0 Å². The topological polar surface area (TPSA) is 23.8 Å². The highest BCUT2D eigenvalue weighted by Crippen LogP contribution is 2.34. The number of benzene rings is 4. The molecule has 0 fully saturated rings. The van der Waals surface area contributed by atoms with E-state index in [1.807, 2.05) is 12.1 Å². The van der Waals surface area contributed by atoms with Crippen LogP contribution in [-0.4, -0.2) is 0 Å². The minimum Gasteiger partial charge on any atom is -0.192 e. The maximum Gasteiger partial charge on any atom is 0.0991 e. The first-order chi connectivity index (χ1) is 9.88. The molecule has 0 spiro atoms. The number of fused-ring (bicyclic) bond motifs is 6. The molecular formula is C19H11N. The molecule has 1 heteroatoms. The van der Waals surface area contributed by atoms with Crippen LogP contribution in [-0.2, 0) is 0 Å². The fourth-order valence-corrected chi connectivity index (χ4v) is 2.98. The molecule has 0 aliphatic rings. The Kier molecular flexibility index (Phi) is 2.25. The highest BCUT2D eigenvalue weighted by molar-refractivity contribution is 6.25. The second-order valence-corrected chi connectivity index (χ2v) is 4.96. The van der Waals surface area contributed by atoms with Gasteiger partial charge in [-0.1, -0.05) is 54.6 Å². The van der Waals surface area contributed by atoms with E-state index < -0.39 is 0 Å². The highest BCUT2D eigenvalue weighted by atomic mass is 14.2. The lowest BCUT2D eigenvalue weighted by Gasteiger charge is -2.10. The van der Waals surface area contributed by atoms with Gasteiger partial charge in [0.2, 0.25) is 0 Å². The molecule has 0 saturated carbocycles. The molecule has 0 saturated heterocycles. The highest BCUT2D eigenvalue weighted by Gasteiger charge is 2.07. The lowest BCUT2D eigenvalue weighted by molar-refractivity contribution is 1.50. The molecule has 92 valence electrons. The Hall–Kier alpha value is -2.85. The summed E-state index contributed by atoms with van der Waals surface area (Å²) in [4.78, 5) is 0. The van der Waals surface area contributed by atoms with Gasteiger partial charge in [0.25, 0.3) is 0 Å². The Labute approximate surface area is 116 Å². The minimum atomic E-state index is 0.706. The van der Waals surface area contributed by atoms with E-state index in [1.165, 1.54) is 26.9 Å². The third-order valence-electron chi connectivity index (χ3n) is 3.87. The molecule has 0 aliphatic heterocycles. The van der Waals surface area contributed by atoms with Crippen LogP contribution in [0.15, 0.2) is 66.7 Å². The molecule has 0 atom stereocenters. The van der Waals surface area contributed by atoms with E-state index in [0.29, 0.717) is 5.56 Å². The molecule has 0 N–H and O–H groups in total. The van der Waals surface area contributed by atoms with Gasteiger partial charge in [-0.05, 0) is 44.5 Å². The van der Waals surface area contributed by atoms with E-state index in [0.717, 1.165) is 5.39 Å². The van der Waals surface area contributed by atoms with E-state index in [-0.39, 0.29) is 0 Å². The van der Waals surface area contributed by atoms with Crippen LogP contribution >= 0.6 is 0 Å². The van der Waals surface area contributed by atoms with Crippen molar-refractivity contribution in [3.05, 3.63) is 72.3 Å². The van der Waals surface area contributed by atoms with Crippen molar-refractivity contribution in [1.82, 2.24) is 0 Å². The van der Waals surface area contributed by atoms with Gasteiger partial charge in [-0.25, -0.2) is 0 Å². The Balaban J connectivity index is 2.39. The van der Waals surface area contributed by atoms with Crippen molar-refractivity contribution in [2.75, 3.05) is 0 Å². The maximum atomic E-state index is 9.13. The Bertz CT molecular complexity index is 971. The van der Waals surface area contributed by atoms with Crippen molar-refractivity contribution in [1.29, 1.82) is 5.26 Å². The van der Waals surface area contributed by atoms with Crippen LogP contribution in [0, 0.1) is 11.3 Å². The van der Waals surface area contributed by atoms with Crippen LogP contribution in [0.5, 0.6) is 0 Å². The normalized spacial score (nSPS) is 10.9. The number of hydrogen-bond donors (Lipinski definition) is 0. The van der Waals surface area contributed by atoms with Gasteiger partial charge in [-0.2, -0.15) is 5.26 Å². The molecule has 0 aliphatic carbocycles. The van der Waals surface area contributed by atoms with Crippen molar-refractivity contribution < 1.29 is 0 Å². The maximum absolute atomic E-state index is 9.13. The smallest absolute Gasteiger partial charge is 0.0991 e. The molecule has 20 heavy (non-hydrogen) atoms. The van der Waals surface area contributed by atoms with E-state index in [9.17, 15) is 0 Å². The van der Waals surface area contributed by atoms with Crippen LogP contribution in [0.2, 0.25) is 0 Å². The molecule has 4 aromatic rings. The van der Waals surface area contributed by atoms with Gasteiger partial charge >= 0.3 is 0 Å². The van der Waals surface area contributed by atoms with Crippen molar-refractivity contribution in [2.45, 2.75) is 0 Å². The number of rotatable bonds is 0. The van der Waals surface area contributed by atoms with Gasteiger partial charge in [0, 0.05) is 0 Å². The van der Waals surface area contributed by atoms with Gasteiger partial charge in [0.1, 0.15) is 0 Å². The van der Waals surface area contributed by atoms with Crippen LogP contribution in [0.1, 0.15) is 5.56 Å². The molecule has 0 unspecified atom stereocenters. The fraction of sp³-hybridized carbons (Fsp3) is 0. The summed E-state index contributed by atoms with van der Waals surface area (Å²) in [6.07, 6.45) is 0. The predicted octanol–water partition coefficient (Wildman–Crippen LogP) is 5.02. The standard InChI is InChI=1S/C19H11N/c20-12-13-9-10-18-16-7-2-1-5-14(16)15-6-3-4-8-17(15)19(18)11-13/h1-11H. The quantitative estimate of drug-likeness (QED) is 0.404. The van der Waals surface area contributed by atoms with Gasteiger partial charge in [-0.3, -0.25) is 0 Å². The molecule has 0 aromatic heterocycles. The van der Waals surface area contributed by atoms with Crippen LogP contribution < -0.4 is 0 Å². The molecule has 1 nitrogen and oxygen atoms in total. The zero-order valence-corrected chi connectivity index (χ0v) is 10.8. The second-order valence-electron chi connectivity index (χ2n) is 4.96. The second kappa shape index (κ2) is 4.08. The van der Waals surface area contributed by atoms with Gasteiger partial charge < -0.3 is 0 Å². The Morgan fingerprint density at radius 3 is 1.50 bits per heavy atom. The summed E-state index contributed by atoms with van der Waals surface area (Å²) in [6.45, 7) is 0. The largest absolute Gasteiger partial charge is 0.192 e. The van der Waals surface area contributed by atoms with Gasteiger partial charge in [-0.15, -0.1) is 0 Å². The lowest BCUT2D eigenvalue weighted by atomic mass is 9.93. The Morgan fingerprint density at radius 2 is 1.00 bits per heavy atom. The summed E-state index contributed by atoms with van der Waals surface area (Å²) >= 11 is 0. The van der Waals surface area contributed by atoms with Crippen molar-refractivity contribution >= 4 is 32.3 Å². The summed E-state index contributed by atoms with van der Waals surface area (Å²) in [5.74, 6) is 0. The summed E-state index contributed by atoms with van der Waals surface area (Å²) in [6, 6.07) is 25.0. The number of nitrogens with zero attached hydrogens (tertiary/aromatic N) is 1. The third-order valence-corrected chi connectivity index (χ3v) is 3.87. The van der Waals surface area contributed by atoms with Crippen molar-refractivity contribution in [3.8, 4) is 6.07 Å². The number of hydrogen-bond acceptors (Lipinski definition) is 1. The van der Waals surface area contributed by atoms with Crippen LogP contribution in [0.4, 0.5) is 0 Å². The van der Waals surface area contributed by atoms with Crippen molar-refractivity contribution in [2.24, 2.45) is 0 Å². The van der Waals surface area contributed by atoms with Crippen LogP contribution in [0.25, 0.3) is 32.3 Å². The monoisotopic (exact) mass is 253 g/mol. The summed E-state index contributed by atoms with van der Waals surface area (Å²) in [7, 11) is 0.